The Morgan fingerprint density at radius 2 is 2.36 bits per heavy atom. The lowest BCUT2D eigenvalue weighted by atomic mass is 10.2. The molecule has 11 heavy (non-hydrogen) atoms. The van der Waals surface area contributed by atoms with Crippen LogP contribution in [0.2, 0.25) is 0 Å². The van der Waals surface area contributed by atoms with Gasteiger partial charge in [-0.25, -0.2) is 10.2 Å². The lowest BCUT2D eigenvalue weighted by molar-refractivity contribution is 0.171. The van der Waals surface area contributed by atoms with Crippen LogP contribution in [-0.4, -0.2) is 19.4 Å². The zero-order valence-electron chi connectivity index (χ0n) is 6.76. The Kier molecular flexibility index (Phi) is 2.12. The lowest BCUT2D eigenvalue weighted by Gasteiger charge is -1.98. The predicted molar refractivity (Wildman–Crippen MR) is 41.4 cm³/mol. The molecule has 0 spiro atoms. The fourth-order valence-corrected chi connectivity index (χ4v) is 0.613. The van der Waals surface area contributed by atoms with Gasteiger partial charge in [0, 0.05) is 11.6 Å². The van der Waals surface area contributed by atoms with Gasteiger partial charge in [-0.05, 0) is 12.8 Å². The molecule has 1 fully saturated rings. The van der Waals surface area contributed by atoms with Crippen molar-refractivity contribution in [2.24, 2.45) is 10.5 Å². The van der Waals surface area contributed by atoms with Gasteiger partial charge < -0.3 is 4.74 Å². The molecule has 1 rings (SSSR count). The van der Waals surface area contributed by atoms with Gasteiger partial charge in [-0.15, -0.1) is 0 Å². The quantitative estimate of drug-likeness (QED) is 0.481. The average Bonchev–Trinajstić information content (AvgIpc) is 2.68. The molecule has 1 saturated carbocycles. The van der Waals surface area contributed by atoms with E-state index >= 15 is 0 Å². The van der Waals surface area contributed by atoms with Crippen LogP contribution in [0.5, 0.6) is 0 Å². The predicted octanol–water partition coefficient (Wildman–Crippen LogP) is 1.13. The Morgan fingerprint density at radius 1 is 1.73 bits per heavy atom. The molecule has 0 aromatic heterocycles. The van der Waals surface area contributed by atoms with Crippen LogP contribution >= 0.6 is 0 Å². The summed E-state index contributed by atoms with van der Waals surface area (Å²) < 4.78 is 4.32. The van der Waals surface area contributed by atoms with Crippen LogP contribution in [-0.2, 0) is 4.74 Å². The highest BCUT2D eigenvalue weighted by Gasteiger charge is 2.35. The molecule has 4 heteroatoms. The third-order valence-electron chi connectivity index (χ3n) is 1.76. The molecule has 0 heterocycles. The van der Waals surface area contributed by atoms with E-state index in [4.69, 9.17) is 0 Å². The van der Waals surface area contributed by atoms with Crippen molar-refractivity contribution in [1.82, 2.24) is 5.43 Å². The van der Waals surface area contributed by atoms with Crippen LogP contribution in [0.3, 0.4) is 0 Å². The van der Waals surface area contributed by atoms with E-state index in [1.165, 1.54) is 7.11 Å². The van der Waals surface area contributed by atoms with E-state index in [2.05, 4.69) is 22.2 Å². The number of carbonyl (C=O) groups excluding carboxylic acids is 1. The Labute approximate surface area is 65.6 Å². The molecular formula is C7H12N2O2. The summed E-state index contributed by atoms with van der Waals surface area (Å²) in [6.07, 6.45) is 3.54. The summed E-state index contributed by atoms with van der Waals surface area (Å²) in [5.41, 5.74) is 2.46. The molecule has 0 aromatic rings. The minimum Gasteiger partial charge on any atom is -0.452 e. The van der Waals surface area contributed by atoms with Crippen LogP contribution in [0.15, 0.2) is 5.10 Å². The topological polar surface area (TPSA) is 50.7 Å². The molecule has 0 bridgehead atoms. The summed E-state index contributed by atoms with van der Waals surface area (Å²) in [6, 6.07) is 0. The molecule has 0 radical (unpaired) electrons. The molecule has 0 atom stereocenters. The van der Waals surface area contributed by atoms with Gasteiger partial charge in [0.05, 0.1) is 7.11 Å². The maximum atomic E-state index is 10.5. The third-order valence-corrected chi connectivity index (χ3v) is 1.76. The second-order valence-corrected chi connectivity index (χ2v) is 3.02. The molecule has 62 valence electrons. The molecule has 0 unspecified atom stereocenters. The van der Waals surface area contributed by atoms with E-state index in [0.717, 1.165) is 12.8 Å². The van der Waals surface area contributed by atoms with Crippen LogP contribution in [0.4, 0.5) is 4.79 Å². The normalized spacial score (nSPS) is 19.8. The van der Waals surface area contributed by atoms with Gasteiger partial charge in [0.15, 0.2) is 0 Å². The molecule has 4 nitrogen and oxygen atoms in total. The van der Waals surface area contributed by atoms with Crippen molar-refractivity contribution < 1.29 is 9.53 Å². The number of nitrogens with one attached hydrogen (secondary N) is 1. The highest BCUT2D eigenvalue weighted by molar-refractivity contribution is 5.72. The second kappa shape index (κ2) is 2.90. The largest absolute Gasteiger partial charge is 0.452 e. The van der Waals surface area contributed by atoms with Crippen molar-refractivity contribution in [2.45, 2.75) is 19.8 Å². The van der Waals surface area contributed by atoms with Crippen molar-refractivity contribution >= 4 is 12.3 Å². The van der Waals surface area contributed by atoms with E-state index in [1.54, 1.807) is 6.21 Å². The van der Waals surface area contributed by atoms with E-state index in [1.807, 2.05) is 0 Å². The Hall–Kier alpha value is -1.06. The van der Waals surface area contributed by atoms with E-state index < -0.39 is 6.09 Å². The third kappa shape index (κ3) is 2.57. The van der Waals surface area contributed by atoms with Crippen molar-refractivity contribution in [3.05, 3.63) is 0 Å². The maximum absolute atomic E-state index is 10.5. The van der Waals surface area contributed by atoms with Gasteiger partial charge in [-0.2, -0.15) is 5.10 Å². The molecule has 0 saturated heterocycles. The van der Waals surface area contributed by atoms with Gasteiger partial charge in [-0.1, -0.05) is 6.92 Å². The first-order chi connectivity index (χ1) is 5.16. The first-order valence-corrected chi connectivity index (χ1v) is 3.54. The van der Waals surface area contributed by atoms with Crippen molar-refractivity contribution in [3.8, 4) is 0 Å². The molecule has 1 aliphatic carbocycles. The molecule has 1 N–H and O–H groups in total. The van der Waals surface area contributed by atoms with E-state index in [-0.39, 0.29) is 5.41 Å². The smallest absolute Gasteiger partial charge is 0.427 e. The number of carbonyl (C=O) groups is 1. The Bertz CT molecular complexity index is 185. The van der Waals surface area contributed by atoms with E-state index in [0.29, 0.717) is 0 Å². The molecule has 1 amide bonds. The van der Waals surface area contributed by atoms with Gasteiger partial charge >= 0.3 is 6.09 Å². The summed E-state index contributed by atoms with van der Waals surface area (Å²) in [7, 11) is 1.31. The number of rotatable bonds is 2. The summed E-state index contributed by atoms with van der Waals surface area (Å²) in [5, 5.41) is 3.73. The fraction of sp³-hybridized carbons (Fsp3) is 0.714. The van der Waals surface area contributed by atoms with Gasteiger partial charge in [0.2, 0.25) is 0 Å². The lowest BCUT2D eigenvalue weighted by Crippen LogP contribution is -2.17. The molecular weight excluding hydrogens is 144 g/mol. The minimum atomic E-state index is -0.523. The van der Waals surface area contributed by atoms with Crippen molar-refractivity contribution in [3.63, 3.8) is 0 Å². The number of hydrazone groups is 1. The number of ether oxygens (including phenoxy) is 1. The molecule has 1 aliphatic rings. The van der Waals surface area contributed by atoms with Gasteiger partial charge in [-0.3, -0.25) is 0 Å². The number of amides is 1. The Morgan fingerprint density at radius 3 is 2.82 bits per heavy atom. The number of methoxy groups -OCH3 is 1. The minimum absolute atomic E-state index is 0.223. The number of hydrogen-bond donors (Lipinski definition) is 1. The van der Waals surface area contributed by atoms with Crippen molar-refractivity contribution in [1.29, 1.82) is 0 Å². The van der Waals surface area contributed by atoms with Gasteiger partial charge in [0.25, 0.3) is 0 Å². The zero-order chi connectivity index (χ0) is 8.32. The Balaban J connectivity index is 2.20. The SMILES string of the molecule is COC(=O)N/N=C/C1(C)CC1. The second-order valence-electron chi connectivity index (χ2n) is 3.02. The summed E-state index contributed by atoms with van der Waals surface area (Å²) in [5.74, 6) is 0. The fourth-order valence-electron chi connectivity index (χ4n) is 0.613. The van der Waals surface area contributed by atoms with Crippen LogP contribution < -0.4 is 5.43 Å². The maximum Gasteiger partial charge on any atom is 0.427 e. The first kappa shape index (κ1) is 8.04. The standard InChI is InChI=1S/C7H12N2O2/c1-7(3-4-7)5-8-9-6(10)11-2/h5H,3-4H2,1-2H3,(H,9,10)/b8-5+. The molecule has 0 aromatic carbocycles. The van der Waals surface area contributed by atoms with E-state index in [9.17, 15) is 4.79 Å². The summed E-state index contributed by atoms with van der Waals surface area (Å²) in [4.78, 5) is 10.5. The van der Waals surface area contributed by atoms with Gasteiger partial charge in [0.1, 0.15) is 0 Å². The summed E-state index contributed by atoms with van der Waals surface area (Å²) >= 11 is 0. The monoisotopic (exact) mass is 156 g/mol. The number of hydrogen-bond acceptors (Lipinski definition) is 3. The summed E-state index contributed by atoms with van der Waals surface area (Å²) in [6.45, 7) is 2.09. The average molecular weight is 156 g/mol. The highest BCUT2D eigenvalue weighted by Crippen LogP contribution is 2.42. The van der Waals surface area contributed by atoms with Crippen LogP contribution in [0.1, 0.15) is 19.8 Å². The molecule has 0 aliphatic heterocycles. The zero-order valence-corrected chi connectivity index (χ0v) is 6.76. The number of nitrogens with zero attached hydrogens (tertiary/aromatic N) is 1. The van der Waals surface area contributed by atoms with Crippen LogP contribution in [0.25, 0.3) is 0 Å². The van der Waals surface area contributed by atoms with Crippen molar-refractivity contribution in [2.75, 3.05) is 7.11 Å². The van der Waals surface area contributed by atoms with Crippen LogP contribution in [0, 0.1) is 5.41 Å². The first-order valence-electron chi connectivity index (χ1n) is 3.54. The highest BCUT2D eigenvalue weighted by atomic mass is 16.5.